The molecule has 2 rings (SSSR count). The fourth-order valence-electron chi connectivity index (χ4n) is 2.04. The van der Waals surface area contributed by atoms with E-state index >= 15 is 0 Å². The molecule has 114 valence electrons. The maximum Gasteiger partial charge on any atom is 0.416 e. The third-order valence-corrected chi connectivity index (χ3v) is 3.77. The zero-order chi connectivity index (χ0) is 16.0. The van der Waals surface area contributed by atoms with Gasteiger partial charge >= 0.3 is 6.18 Å². The quantitative estimate of drug-likeness (QED) is 0.639. The van der Waals surface area contributed by atoms with E-state index in [0.29, 0.717) is 14.9 Å². The first-order valence-corrected chi connectivity index (χ1v) is 7.39. The van der Waals surface area contributed by atoms with Gasteiger partial charge in [-0.1, -0.05) is 36.7 Å². The number of nitrogens with zero attached hydrogens (tertiary/aromatic N) is 1. The molecule has 0 saturated heterocycles. The van der Waals surface area contributed by atoms with Crippen LogP contribution in [0.4, 0.5) is 13.2 Å². The highest BCUT2D eigenvalue weighted by atomic mass is 79.9. The topological polar surface area (TPSA) is 20.7 Å². The van der Waals surface area contributed by atoms with E-state index in [0.717, 1.165) is 17.8 Å². The van der Waals surface area contributed by atoms with Crippen LogP contribution >= 0.6 is 28.1 Å². The van der Waals surface area contributed by atoms with E-state index in [4.69, 9.17) is 12.2 Å². The molecular formula is C14H14BrF3N2S. The summed E-state index contributed by atoms with van der Waals surface area (Å²) in [5, 5.41) is 0. The van der Waals surface area contributed by atoms with E-state index in [1.807, 2.05) is 20.8 Å². The van der Waals surface area contributed by atoms with Crippen molar-refractivity contribution in [1.29, 1.82) is 0 Å². The second-order valence-corrected chi connectivity index (χ2v) is 7.06. The number of H-pyrrole nitrogens is 1. The number of benzene rings is 1. The molecule has 0 spiro atoms. The molecule has 0 unspecified atom stereocenters. The first-order chi connectivity index (χ1) is 9.50. The van der Waals surface area contributed by atoms with E-state index in [9.17, 15) is 13.2 Å². The van der Waals surface area contributed by atoms with Crippen molar-refractivity contribution in [1.82, 2.24) is 9.55 Å². The molecule has 2 nitrogen and oxygen atoms in total. The van der Waals surface area contributed by atoms with Crippen molar-refractivity contribution in [3.8, 4) is 5.69 Å². The van der Waals surface area contributed by atoms with Crippen LogP contribution < -0.4 is 0 Å². The van der Waals surface area contributed by atoms with Gasteiger partial charge in [-0.25, -0.2) is 0 Å². The van der Waals surface area contributed by atoms with E-state index in [1.165, 1.54) is 0 Å². The van der Waals surface area contributed by atoms with Gasteiger partial charge in [-0.15, -0.1) is 0 Å². The number of imidazole rings is 1. The third-order valence-electron chi connectivity index (χ3n) is 3.01. The molecule has 0 radical (unpaired) electrons. The van der Waals surface area contributed by atoms with Crippen LogP contribution in [0.2, 0.25) is 0 Å². The molecule has 0 saturated carbocycles. The van der Waals surface area contributed by atoms with Gasteiger partial charge in [0.1, 0.15) is 0 Å². The lowest BCUT2D eigenvalue weighted by atomic mass is 9.92. The maximum absolute atomic E-state index is 13.0. The summed E-state index contributed by atoms with van der Waals surface area (Å²) in [4.78, 5) is 2.90. The summed E-state index contributed by atoms with van der Waals surface area (Å²) in [5.41, 5.74) is 0.232. The van der Waals surface area contributed by atoms with Crippen molar-refractivity contribution >= 4 is 28.1 Å². The van der Waals surface area contributed by atoms with E-state index in [-0.39, 0.29) is 5.41 Å². The fourth-order valence-corrected chi connectivity index (χ4v) is 2.79. The Morgan fingerprint density at radius 3 is 2.29 bits per heavy atom. The Bertz CT molecular complexity index is 723. The molecule has 0 aliphatic heterocycles. The Morgan fingerprint density at radius 1 is 1.14 bits per heavy atom. The predicted molar refractivity (Wildman–Crippen MR) is 82.4 cm³/mol. The van der Waals surface area contributed by atoms with Gasteiger partial charge in [-0.2, -0.15) is 13.2 Å². The molecule has 0 aliphatic rings. The van der Waals surface area contributed by atoms with Gasteiger partial charge in [0.25, 0.3) is 0 Å². The van der Waals surface area contributed by atoms with Crippen LogP contribution in [0.15, 0.2) is 28.9 Å². The van der Waals surface area contributed by atoms with E-state index in [2.05, 4.69) is 20.9 Å². The van der Waals surface area contributed by atoms with Crippen molar-refractivity contribution in [3.63, 3.8) is 0 Å². The van der Waals surface area contributed by atoms with Crippen LogP contribution in [0.25, 0.3) is 5.69 Å². The first-order valence-electron chi connectivity index (χ1n) is 6.19. The second-order valence-electron chi connectivity index (χ2n) is 5.76. The minimum absolute atomic E-state index is 0.256. The summed E-state index contributed by atoms with van der Waals surface area (Å²) in [6.45, 7) is 5.93. The Kier molecular flexibility index (Phi) is 4.10. The average molecular weight is 379 g/mol. The molecule has 0 bridgehead atoms. The number of nitrogens with one attached hydrogen (secondary N) is 1. The highest BCUT2D eigenvalue weighted by molar-refractivity contribution is 9.10. The van der Waals surface area contributed by atoms with Crippen LogP contribution in [0.5, 0.6) is 0 Å². The van der Waals surface area contributed by atoms with Crippen LogP contribution in [0.1, 0.15) is 32.0 Å². The second kappa shape index (κ2) is 5.28. The Balaban J connectivity index is 2.72. The monoisotopic (exact) mass is 378 g/mol. The number of alkyl halides is 3. The number of aromatic amines is 1. The predicted octanol–water partition coefficient (Wildman–Crippen LogP) is 5.61. The van der Waals surface area contributed by atoms with Crippen LogP contribution in [-0.4, -0.2) is 9.55 Å². The SMILES string of the molecule is CC(C)(C)c1c[nH]c(=S)n1-c1cc(Br)cc(C(F)(F)F)c1. The number of rotatable bonds is 1. The molecule has 1 aromatic heterocycles. The highest BCUT2D eigenvalue weighted by Crippen LogP contribution is 2.34. The van der Waals surface area contributed by atoms with Crippen LogP contribution in [-0.2, 0) is 11.6 Å². The smallest absolute Gasteiger partial charge is 0.337 e. The van der Waals surface area contributed by atoms with Crippen molar-refractivity contribution in [3.05, 3.63) is 44.9 Å². The molecule has 7 heteroatoms. The third kappa shape index (κ3) is 3.40. The number of hydrogen-bond donors (Lipinski definition) is 1. The summed E-state index contributed by atoms with van der Waals surface area (Å²) in [6.07, 6.45) is -2.67. The zero-order valence-corrected chi connectivity index (χ0v) is 14.1. The lowest BCUT2D eigenvalue weighted by Gasteiger charge is -2.21. The minimum atomic E-state index is -4.40. The molecule has 0 fully saturated rings. The van der Waals surface area contributed by atoms with Gasteiger partial charge in [0, 0.05) is 27.5 Å². The minimum Gasteiger partial charge on any atom is -0.337 e. The molecule has 21 heavy (non-hydrogen) atoms. The molecule has 0 aliphatic carbocycles. The average Bonchev–Trinajstić information content (AvgIpc) is 2.68. The normalized spacial score (nSPS) is 12.7. The van der Waals surface area contributed by atoms with Crippen molar-refractivity contribution in [2.75, 3.05) is 0 Å². The molecular weight excluding hydrogens is 365 g/mol. The van der Waals surface area contributed by atoms with Gasteiger partial charge in [-0.05, 0) is 30.4 Å². The maximum atomic E-state index is 13.0. The zero-order valence-electron chi connectivity index (χ0n) is 11.7. The van der Waals surface area contributed by atoms with Gasteiger partial charge < -0.3 is 4.98 Å². The molecule has 1 N–H and O–H groups in total. The van der Waals surface area contributed by atoms with Crippen molar-refractivity contribution in [2.45, 2.75) is 32.4 Å². The summed E-state index contributed by atoms with van der Waals surface area (Å²) < 4.78 is 41.2. The van der Waals surface area contributed by atoms with Gasteiger partial charge in [0.15, 0.2) is 4.77 Å². The molecule has 1 aromatic carbocycles. The Labute approximate surface area is 134 Å². The van der Waals surface area contributed by atoms with Gasteiger partial charge in [0.2, 0.25) is 0 Å². The Hall–Kier alpha value is -1.08. The molecule has 0 amide bonds. The first kappa shape index (κ1) is 16.3. The van der Waals surface area contributed by atoms with E-state index in [1.54, 1.807) is 16.8 Å². The van der Waals surface area contributed by atoms with Crippen LogP contribution in [0, 0.1) is 4.77 Å². The number of aromatic nitrogens is 2. The lowest BCUT2D eigenvalue weighted by molar-refractivity contribution is -0.137. The molecule has 2 aromatic rings. The largest absolute Gasteiger partial charge is 0.416 e. The summed E-state index contributed by atoms with van der Waals surface area (Å²) >= 11 is 8.35. The molecule has 0 atom stereocenters. The van der Waals surface area contributed by atoms with Gasteiger partial charge in [-0.3, -0.25) is 4.57 Å². The lowest BCUT2D eigenvalue weighted by Crippen LogP contribution is -2.17. The number of halogens is 4. The number of hydrogen-bond acceptors (Lipinski definition) is 1. The fraction of sp³-hybridized carbons (Fsp3) is 0.357. The van der Waals surface area contributed by atoms with Crippen molar-refractivity contribution < 1.29 is 13.2 Å². The van der Waals surface area contributed by atoms with Crippen LogP contribution in [0.3, 0.4) is 0 Å². The molecule has 1 heterocycles. The highest BCUT2D eigenvalue weighted by Gasteiger charge is 2.31. The van der Waals surface area contributed by atoms with Crippen molar-refractivity contribution in [2.24, 2.45) is 0 Å². The van der Waals surface area contributed by atoms with E-state index < -0.39 is 11.7 Å². The summed E-state index contributed by atoms with van der Waals surface area (Å²) in [6, 6.07) is 3.77. The van der Waals surface area contributed by atoms with Gasteiger partial charge in [0.05, 0.1) is 5.56 Å². The Morgan fingerprint density at radius 2 is 1.76 bits per heavy atom. The summed E-state index contributed by atoms with van der Waals surface area (Å²) in [7, 11) is 0. The summed E-state index contributed by atoms with van der Waals surface area (Å²) in [5.74, 6) is 0. The standard InChI is InChI=1S/C14H14BrF3N2S/c1-13(2,3)11-7-19-12(21)20(11)10-5-8(14(16,17)18)4-9(15)6-10/h4-7H,1-3H3,(H,19,21).